The highest BCUT2D eigenvalue weighted by Crippen LogP contribution is 2.36. The molecule has 3 rings (SSSR count). The van der Waals surface area contributed by atoms with Gasteiger partial charge in [-0.1, -0.05) is 0 Å². The summed E-state index contributed by atoms with van der Waals surface area (Å²) in [4.78, 5) is 3.81. The molecule has 7 heteroatoms. The number of alkyl halides is 3. The Hall–Kier alpha value is -2.96. The number of benzene rings is 1. The minimum Gasteiger partial charge on any atom is -0.507 e. The molecule has 0 bridgehead atoms. The maximum Gasteiger partial charge on any atom is 0.417 e. The Morgan fingerprint density at radius 1 is 1.12 bits per heavy atom. The van der Waals surface area contributed by atoms with Crippen molar-refractivity contribution >= 4 is 0 Å². The van der Waals surface area contributed by atoms with Crippen LogP contribution in [0.15, 0.2) is 53.3 Å². The molecule has 4 nitrogen and oxygen atoms in total. The first-order valence-corrected chi connectivity index (χ1v) is 6.88. The third kappa shape index (κ3) is 3.05. The van der Waals surface area contributed by atoms with Crippen LogP contribution >= 0.6 is 0 Å². The molecule has 0 fully saturated rings. The predicted molar refractivity (Wildman–Crippen MR) is 80.6 cm³/mol. The Morgan fingerprint density at radius 2 is 1.92 bits per heavy atom. The van der Waals surface area contributed by atoms with Crippen LogP contribution in [0.2, 0.25) is 0 Å². The number of nitrogens with zero attached hydrogens (tertiary/aromatic N) is 1. The van der Waals surface area contributed by atoms with E-state index in [1.807, 2.05) is 0 Å². The molecule has 0 saturated heterocycles. The highest BCUT2D eigenvalue weighted by Gasteiger charge is 2.30. The van der Waals surface area contributed by atoms with E-state index in [-0.39, 0.29) is 5.75 Å². The Bertz CT molecular complexity index is 854. The van der Waals surface area contributed by atoms with Crippen LogP contribution in [-0.2, 0) is 6.18 Å². The lowest BCUT2D eigenvalue weighted by Gasteiger charge is -2.05. The molecule has 2 aromatic heterocycles. The zero-order valence-corrected chi connectivity index (χ0v) is 12.5. The average molecular weight is 335 g/mol. The van der Waals surface area contributed by atoms with Crippen molar-refractivity contribution in [3.8, 4) is 34.1 Å². The number of halogens is 3. The van der Waals surface area contributed by atoms with Gasteiger partial charge in [-0.15, -0.1) is 0 Å². The number of aromatic hydroxyl groups is 1. The number of ether oxygens (including phenoxy) is 1. The lowest BCUT2D eigenvalue weighted by atomic mass is 10.1. The number of pyridine rings is 1. The van der Waals surface area contributed by atoms with Crippen molar-refractivity contribution in [2.24, 2.45) is 0 Å². The third-order valence-corrected chi connectivity index (χ3v) is 3.46. The van der Waals surface area contributed by atoms with Crippen molar-refractivity contribution in [2.75, 3.05) is 7.11 Å². The molecule has 124 valence electrons. The van der Waals surface area contributed by atoms with E-state index in [1.54, 1.807) is 18.2 Å². The van der Waals surface area contributed by atoms with Crippen LogP contribution in [0.1, 0.15) is 5.56 Å². The summed E-state index contributed by atoms with van der Waals surface area (Å²) in [5, 5.41) is 9.93. The topological polar surface area (TPSA) is 55.5 Å². The van der Waals surface area contributed by atoms with Gasteiger partial charge < -0.3 is 14.3 Å². The molecule has 0 aliphatic heterocycles. The Balaban J connectivity index is 1.94. The van der Waals surface area contributed by atoms with Crippen molar-refractivity contribution in [1.29, 1.82) is 0 Å². The minimum absolute atomic E-state index is 0.00271. The number of hydrogen-bond donors (Lipinski definition) is 1. The summed E-state index contributed by atoms with van der Waals surface area (Å²) in [5.41, 5.74) is 0.425. The molecule has 0 aliphatic rings. The highest BCUT2D eigenvalue weighted by molar-refractivity contribution is 5.72. The largest absolute Gasteiger partial charge is 0.507 e. The SMILES string of the molecule is COc1ccc(O)c(-c2cc(-c3ccc(C(F)(F)F)cn3)co2)c1. The molecule has 0 radical (unpaired) electrons. The first kappa shape index (κ1) is 15.9. The molecule has 1 aromatic carbocycles. The van der Waals surface area contributed by atoms with Crippen LogP contribution in [0.3, 0.4) is 0 Å². The van der Waals surface area contributed by atoms with Crippen molar-refractivity contribution in [1.82, 2.24) is 4.98 Å². The molecule has 3 aromatic rings. The zero-order valence-electron chi connectivity index (χ0n) is 12.5. The molecule has 0 aliphatic carbocycles. The first-order valence-electron chi connectivity index (χ1n) is 6.88. The Kier molecular flexibility index (Phi) is 3.92. The quantitative estimate of drug-likeness (QED) is 0.751. The molecule has 0 spiro atoms. The number of rotatable bonds is 3. The summed E-state index contributed by atoms with van der Waals surface area (Å²) in [6.45, 7) is 0. The molecule has 0 saturated carbocycles. The summed E-state index contributed by atoms with van der Waals surface area (Å²) in [5.74, 6) is 0.883. The van der Waals surface area contributed by atoms with E-state index in [0.717, 1.165) is 12.3 Å². The third-order valence-electron chi connectivity index (χ3n) is 3.46. The van der Waals surface area contributed by atoms with Gasteiger partial charge in [0.15, 0.2) is 0 Å². The zero-order chi connectivity index (χ0) is 17.3. The van der Waals surface area contributed by atoms with Crippen LogP contribution in [0, 0.1) is 0 Å². The van der Waals surface area contributed by atoms with Crippen LogP contribution in [0.25, 0.3) is 22.6 Å². The lowest BCUT2D eigenvalue weighted by molar-refractivity contribution is -0.137. The van der Waals surface area contributed by atoms with E-state index in [2.05, 4.69) is 4.98 Å². The van der Waals surface area contributed by atoms with Gasteiger partial charge in [0.2, 0.25) is 0 Å². The van der Waals surface area contributed by atoms with E-state index in [1.165, 1.54) is 25.5 Å². The monoisotopic (exact) mass is 335 g/mol. The normalized spacial score (nSPS) is 11.5. The second kappa shape index (κ2) is 5.92. The van der Waals surface area contributed by atoms with E-state index in [4.69, 9.17) is 9.15 Å². The van der Waals surface area contributed by atoms with Gasteiger partial charge in [-0.3, -0.25) is 4.98 Å². The molecule has 0 amide bonds. The van der Waals surface area contributed by atoms with E-state index < -0.39 is 11.7 Å². The number of phenolic OH excluding ortho intramolecular Hbond substituents is 1. The Morgan fingerprint density at radius 3 is 2.54 bits per heavy atom. The van der Waals surface area contributed by atoms with Gasteiger partial charge in [-0.2, -0.15) is 13.2 Å². The van der Waals surface area contributed by atoms with Gasteiger partial charge >= 0.3 is 6.18 Å². The van der Waals surface area contributed by atoms with Gasteiger partial charge in [-0.05, 0) is 36.4 Å². The molecule has 24 heavy (non-hydrogen) atoms. The number of aromatic nitrogens is 1. The minimum atomic E-state index is -4.43. The van der Waals surface area contributed by atoms with Crippen LogP contribution in [0.4, 0.5) is 13.2 Å². The van der Waals surface area contributed by atoms with E-state index >= 15 is 0 Å². The molecular weight excluding hydrogens is 323 g/mol. The fraction of sp³-hybridized carbons (Fsp3) is 0.118. The smallest absolute Gasteiger partial charge is 0.417 e. The van der Waals surface area contributed by atoms with E-state index in [0.29, 0.717) is 28.3 Å². The second-order valence-corrected chi connectivity index (χ2v) is 5.01. The molecular formula is C17H12F3NO3. The van der Waals surface area contributed by atoms with Gasteiger partial charge in [0.1, 0.15) is 23.5 Å². The maximum atomic E-state index is 12.6. The number of hydrogen-bond acceptors (Lipinski definition) is 4. The van der Waals surface area contributed by atoms with Gasteiger partial charge in [0.05, 0.1) is 23.9 Å². The molecule has 0 unspecified atom stereocenters. The van der Waals surface area contributed by atoms with Crippen molar-refractivity contribution in [3.63, 3.8) is 0 Å². The second-order valence-electron chi connectivity index (χ2n) is 5.01. The predicted octanol–water partition coefficient (Wildman–Crippen LogP) is 4.74. The average Bonchev–Trinajstić information content (AvgIpc) is 3.04. The lowest BCUT2D eigenvalue weighted by Crippen LogP contribution is -2.05. The number of phenols is 1. The first-order chi connectivity index (χ1) is 11.4. The summed E-state index contributed by atoms with van der Waals surface area (Å²) in [6.07, 6.45) is -2.30. The fourth-order valence-corrected chi connectivity index (χ4v) is 2.18. The Labute approximate surface area is 135 Å². The van der Waals surface area contributed by atoms with Gasteiger partial charge in [-0.25, -0.2) is 0 Å². The molecule has 0 atom stereocenters. The van der Waals surface area contributed by atoms with Crippen molar-refractivity contribution in [2.45, 2.75) is 6.18 Å². The standard InChI is InChI=1S/C17H12F3NO3/c1-23-12-3-5-15(22)13(7-12)16-6-10(9-24-16)14-4-2-11(8-21-14)17(18,19)20/h2-9,22H,1H3. The van der Waals surface area contributed by atoms with Crippen molar-refractivity contribution < 1.29 is 27.4 Å². The number of methoxy groups -OCH3 is 1. The van der Waals surface area contributed by atoms with E-state index in [9.17, 15) is 18.3 Å². The van der Waals surface area contributed by atoms with Crippen LogP contribution < -0.4 is 4.74 Å². The molecule has 2 heterocycles. The highest BCUT2D eigenvalue weighted by atomic mass is 19.4. The fourth-order valence-electron chi connectivity index (χ4n) is 2.18. The summed E-state index contributed by atoms with van der Waals surface area (Å²) >= 11 is 0. The summed E-state index contributed by atoms with van der Waals surface area (Å²) < 4.78 is 48.2. The van der Waals surface area contributed by atoms with Crippen LogP contribution in [-0.4, -0.2) is 17.2 Å². The maximum absolute atomic E-state index is 12.6. The molecule has 1 N–H and O–H groups in total. The van der Waals surface area contributed by atoms with Gasteiger partial charge in [0, 0.05) is 11.8 Å². The summed E-state index contributed by atoms with van der Waals surface area (Å²) in [6, 6.07) is 8.47. The summed E-state index contributed by atoms with van der Waals surface area (Å²) in [7, 11) is 1.50. The number of furan rings is 1. The van der Waals surface area contributed by atoms with Crippen LogP contribution in [0.5, 0.6) is 11.5 Å². The van der Waals surface area contributed by atoms with Crippen molar-refractivity contribution in [3.05, 3.63) is 54.4 Å². The van der Waals surface area contributed by atoms with Gasteiger partial charge in [0.25, 0.3) is 0 Å².